The number of sulfonamides is 1. The average Bonchev–Trinajstić information content (AvgIpc) is 3.31. The number of anilines is 1. The van der Waals surface area contributed by atoms with Gasteiger partial charge in [0.25, 0.3) is 10.0 Å². The molecule has 0 aromatic heterocycles. The molecule has 0 radical (unpaired) electrons. The third-order valence-corrected chi connectivity index (χ3v) is 8.37. The minimum absolute atomic E-state index is 0.0463. The number of methoxy groups -OCH3 is 1. The predicted octanol–water partition coefficient (Wildman–Crippen LogP) is 4.29. The standard InChI is InChI=1S/C28H30ClN3O5S/c1-20-5-12-24(13-6-20)38(35,36)32(25-16-23(29)11-14-26(25)37-2)19-27(33)30-17-21-7-9-22(10-8-21)18-31-15-3-4-28(31)34/h5-14,16H,3-4,15,17-19H2,1-2H3,(H,30,33). The first-order valence-corrected chi connectivity index (χ1v) is 14.0. The fraction of sp³-hybridized carbons (Fsp3) is 0.286. The number of aryl methyl sites for hydroxylation is 1. The van der Waals surface area contributed by atoms with Crippen LogP contribution in [0.25, 0.3) is 0 Å². The Morgan fingerprint density at radius 1 is 1.05 bits per heavy atom. The normalized spacial score (nSPS) is 13.4. The minimum Gasteiger partial charge on any atom is -0.495 e. The van der Waals surface area contributed by atoms with E-state index in [1.54, 1.807) is 24.3 Å². The maximum absolute atomic E-state index is 13.7. The Balaban J connectivity index is 1.50. The summed E-state index contributed by atoms with van der Waals surface area (Å²) in [6, 6.07) is 18.6. The van der Waals surface area contributed by atoms with Gasteiger partial charge in [0.05, 0.1) is 17.7 Å². The Bertz CT molecular complexity index is 1410. The molecule has 2 amide bonds. The molecule has 1 aliphatic heterocycles. The first kappa shape index (κ1) is 27.5. The number of carbonyl (C=O) groups is 2. The Labute approximate surface area is 228 Å². The lowest BCUT2D eigenvalue weighted by Gasteiger charge is -2.26. The molecule has 8 nitrogen and oxygen atoms in total. The lowest BCUT2D eigenvalue weighted by atomic mass is 10.1. The summed E-state index contributed by atoms with van der Waals surface area (Å²) >= 11 is 6.19. The second-order valence-electron chi connectivity index (χ2n) is 9.15. The van der Waals surface area contributed by atoms with E-state index >= 15 is 0 Å². The van der Waals surface area contributed by atoms with E-state index in [0.29, 0.717) is 18.0 Å². The van der Waals surface area contributed by atoms with Crippen LogP contribution in [0, 0.1) is 6.92 Å². The number of benzene rings is 3. The van der Waals surface area contributed by atoms with Gasteiger partial charge in [0.1, 0.15) is 12.3 Å². The molecule has 1 N–H and O–H groups in total. The zero-order valence-electron chi connectivity index (χ0n) is 21.3. The third-order valence-electron chi connectivity index (χ3n) is 6.36. The second kappa shape index (κ2) is 11.9. The molecule has 4 rings (SSSR count). The maximum Gasteiger partial charge on any atom is 0.264 e. The summed E-state index contributed by atoms with van der Waals surface area (Å²) in [6.45, 7) is 2.95. The van der Waals surface area contributed by atoms with Crippen molar-refractivity contribution in [2.45, 2.75) is 37.8 Å². The number of rotatable bonds is 10. The Kier molecular flexibility index (Phi) is 8.58. The lowest BCUT2D eigenvalue weighted by molar-refractivity contribution is -0.128. The van der Waals surface area contributed by atoms with Crippen molar-refractivity contribution < 1.29 is 22.7 Å². The van der Waals surface area contributed by atoms with Crippen molar-refractivity contribution in [3.05, 3.63) is 88.4 Å². The van der Waals surface area contributed by atoms with Crippen LogP contribution in [0.5, 0.6) is 5.75 Å². The number of hydrogen-bond acceptors (Lipinski definition) is 5. The van der Waals surface area contributed by atoms with Gasteiger partial charge in [-0.3, -0.25) is 13.9 Å². The van der Waals surface area contributed by atoms with E-state index in [2.05, 4.69) is 5.32 Å². The van der Waals surface area contributed by atoms with E-state index in [0.717, 1.165) is 34.0 Å². The van der Waals surface area contributed by atoms with E-state index in [-0.39, 0.29) is 28.8 Å². The highest BCUT2D eigenvalue weighted by molar-refractivity contribution is 7.92. The molecule has 0 bridgehead atoms. The zero-order chi connectivity index (χ0) is 27.3. The number of hydrogen-bond donors (Lipinski definition) is 1. The highest BCUT2D eigenvalue weighted by Gasteiger charge is 2.29. The van der Waals surface area contributed by atoms with Crippen molar-refractivity contribution in [1.82, 2.24) is 10.2 Å². The fourth-order valence-corrected chi connectivity index (χ4v) is 5.83. The van der Waals surface area contributed by atoms with Gasteiger partial charge in [-0.25, -0.2) is 8.42 Å². The molecule has 1 aliphatic rings. The van der Waals surface area contributed by atoms with Gasteiger partial charge < -0.3 is 15.0 Å². The molecule has 3 aromatic rings. The van der Waals surface area contributed by atoms with Crippen molar-refractivity contribution >= 4 is 39.1 Å². The number of nitrogens with one attached hydrogen (secondary N) is 1. The van der Waals surface area contributed by atoms with Gasteiger partial charge in [-0.2, -0.15) is 0 Å². The van der Waals surface area contributed by atoms with Crippen LogP contribution in [0.3, 0.4) is 0 Å². The first-order valence-electron chi connectivity index (χ1n) is 12.2. The van der Waals surface area contributed by atoms with E-state index in [9.17, 15) is 18.0 Å². The highest BCUT2D eigenvalue weighted by Crippen LogP contribution is 2.34. The Morgan fingerprint density at radius 2 is 1.74 bits per heavy atom. The van der Waals surface area contributed by atoms with Crippen molar-refractivity contribution in [3.8, 4) is 5.75 Å². The van der Waals surface area contributed by atoms with Crippen LogP contribution in [0.4, 0.5) is 5.69 Å². The summed E-state index contributed by atoms with van der Waals surface area (Å²) < 4.78 is 33.7. The summed E-state index contributed by atoms with van der Waals surface area (Å²) in [5, 5.41) is 3.11. The number of amides is 2. The molecular weight excluding hydrogens is 526 g/mol. The van der Waals surface area contributed by atoms with E-state index in [1.165, 1.54) is 25.3 Å². The van der Waals surface area contributed by atoms with Gasteiger partial charge in [-0.05, 0) is 54.8 Å². The molecule has 3 aromatic carbocycles. The van der Waals surface area contributed by atoms with Gasteiger partial charge in [0.15, 0.2) is 0 Å². The van der Waals surface area contributed by atoms with Gasteiger partial charge >= 0.3 is 0 Å². The molecule has 0 spiro atoms. The van der Waals surface area contributed by atoms with Crippen LogP contribution in [0.2, 0.25) is 5.02 Å². The molecule has 1 heterocycles. The van der Waals surface area contributed by atoms with E-state index in [1.807, 2.05) is 36.1 Å². The van der Waals surface area contributed by atoms with E-state index in [4.69, 9.17) is 16.3 Å². The zero-order valence-corrected chi connectivity index (χ0v) is 22.9. The minimum atomic E-state index is -4.12. The molecule has 0 unspecified atom stereocenters. The Morgan fingerprint density at radius 3 is 2.37 bits per heavy atom. The molecule has 1 saturated heterocycles. The third kappa shape index (κ3) is 6.46. The van der Waals surface area contributed by atoms with Gasteiger partial charge in [-0.1, -0.05) is 53.6 Å². The topological polar surface area (TPSA) is 96.0 Å². The number of nitrogens with zero attached hydrogens (tertiary/aromatic N) is 2. The van der Waals surface area contributed by atoms with Crippen molar-refractivity contribution in [2.24, 2.45) is 0 Å². The summed E-state index contributed by atoms with van der Waals surface area (Å²) in [5.41, 5.74) is 2.94. The fourth-order valence-electron chi connectivity index (χ4n) is 4.24. The SMILES string of the molecule is COc1ccc(Cl)cc1N(CC(=O)NCc1ccc(CN2CCCC2=O)cc1)S(=O)(=O)c1ccc(C)cc1. The summed E-state index contributed by atoms with van der Waals surface area (Å²) in [6.07, 6.45) is 1.49. The number of halogens is 1. The molecule has 0 atom stereocenters. The quantitative estimate of drug-likeness (QED) is 0.402. The first-order chi connectivity index (χ1) is 18.2. The van der Waals surface area contributed by atoms with Crippen LogP contribution < -0.4 is 14.4 Å². The summed E-state index contributed by atoms with van der Waals surface area (Å²) in [7, 11) is -2.69. The average molecular weight is 556 g/mol. The number of carbonyl (C=O) groups excluding carboxylic acids is 2. The highest BCUT2D eigenvalue weighted by atomic mass is 35.5. The van der Waals surface area contributed by atoms with Crippen LogP contribution >= 0.6 is 11.6 Å². The Hall–Kier alpha value is -3.56. The molecule has 1 fully saturated rings. The smallest absolute Gasteiger partial charge is 0.264 e. The van der Waals surface area contributed by atoms with Gasteiger partial charge in [0.2, 0.25) is 11.8 Å². The molecule has 10 heteroatoms. The molecular formula is C28H30ClN3O5S. The van der Waals surface area contributed by atoms with Crippen LogP contribution in [0.1, 0.15) is 29.5 Å². The molecule has 200 valence electrons. The van der Waals surface area contributed by atoms with Crippen molar-refractivity contribution in [3.63, 3.8) is 0 Å². The largest absolute Gasteiger partial charge is 0.495 e. The number of ether oxygens (including phenoxy) is 1. The maximum atomic E-state index is 13.7. The summed E-state index contributed by atoms with van der Waals surface area (Å²) in [5.74, 6) is -0.0535. The molecule has 38 heavy (non-hydrogen) atoms. The molecule has 0 saturated carbocycles. The van der Waals surface area contributed by atoms with Crippen molar-refractivity contribution in [2.75, 3.05) is 24.5 Å². The number of likely N-dealkylation sites (tertiary alicyclic amines) is 1. The second-order valence-corrected chi connectivity index (χ2v) is 11.5. The summed E-state index contributed by atoms with van der Waals surface area (Å²) in [4.78, 5) is 26.8. The van der Waals surface area contributed by atoms with Crippen LogP contribution in [-0.2, 0) is 32.7 Å². The predicted molar refractivity (Wildman–Crippen MR) is 147 cm³/mol. The van der Waals surface area contributed by atoms with Crippen molar-refractivity contribution in [1.29, 1.82) is 0 Å². The van der Waals surface area contributed by atoms with Gasteiger partial charge in [-0.15, -0.1) is 0 Å². The molecule has 0 aliphatic carbocycles. The monoisotopic (exact) mass is 555 g/mol. The van der Waals surface area contributed by atoms with Gasteiger partial charge in [0, 0.05) is 31.1 Å². The van der Waals surface area contributed by atoms with E-state index < -0.39 is 22.5 Å². The lowest BCUT2D eigenvalue weighted by Crippen LogP contribution is -2.40. The van der Waals surface area contributed by atoms with Crippen LogP contribution in [-0.4, -0.2) is 45.3 Å². The van der Waals surface area contributed by atoms with Crippen LogP contribution in [0.15, 0.2) is 71.6 Å².